The first-order chi connectivity index (χ1) is 12.3. The lowest BCUT2D eigenvalue weighted by molar-refractivity contribution is -0.118. The molecule has 132 valence electrons. The van der Waals surface area contributed by atoms with Gasteiger partial charge in [0.25, 0.3) is 0 Å². The predicted octanol–water partition coefficient (Wildman–Crippen LogP) is 2.63. The number of benzene rings is 1. The molecule has 25 heavy (non-hydrogen) atoms. The lowest BCUT2D eigenvalue weighted by atomic mass is 10.1. The summed E-state index contributed by atoms with van der Waals surface area (Å²) < 4.78 is 0. The van der Waals surface area contributed by atoms with Gasteiger partial charge in [0.05, 0.1) is 5.69 Å². The fourth-order valence-corrected chi connectivity index (χ4v) is 2.84. The number of unbranched alkanes of at least 4 members (excludes halogenated alkanes) is 1. The van der Waals surface area contributed by atoms with Crippen molar-refractivity contribution in [2.24, 2.45) is 0 Å². The van der Waals surface area contributed by atoms with Gasteiger partial charge in [-0.25, -0.2) is 4.98 Å². The van der Waals surface area contributed by atoms with Crippen LogP contribution in [0.15, 0.2) is 36.4 Å². The minimum atomic E-state index is 0.709. The maximum Gasteiger partial charge on any atom is 0.227 e. The van der Waals surface area contributed by atoms with Crippen molar-refractivity contribution in [2.45, 2.75) is 19.8 Å². The van der Waals surface area contributed by atoms with Crippen molar-refractivity contribution in [1.82, 2.24) is 14.9 Å². The van der Waals surface area contributed by atoms with E-state index in [-0.39, 0.29) is 0 Å². The summed E-state index contributed by atoms with van der Waals surface area (Å²) in [5, 5.41) is 3.41. The van der Waals surface area contributed by atoms with Crippen molar-refractivity contribution < 1.29 is 4.79 Å². The van der Waals surface area contributed by atoms with Gasteiger partial charge < -0.3 is 15.1 Å². The van der Waals surface area contributed by atoms with Crippen molar-refractivity contribution in [3.05, 3.63) is 36.4 Å². The van der Waals surface area contributed by atoms with E-state index >= 15 is 0 Å². The Kier molecular flexibility index (Phi) is 5.82. The van der Waals surface area contributed by atoms with Gasteiger partial charge in [0.15, 0.2) is 0 Å². The molecular weight excluding hydrogens is 314 g/mol. The van der Waals surface area contributed by atoms with E-state index in [0.717, 1.165) is 61.9 Å². The van der Waals surface area contributed by atoms with Crippen molar-refractivity contribution in [3.63, 3.8) is 0 Å². The molecule has 3 rings (SSSR count). The smallest absolute Gasteiger partial charge is 0.227 e. The summed E-state index contributed by atoms with van der Waals surface area (Å²) in [5.74, 6) is 1.58. The van der Waals surface area contributed by atoms with Crippen LogP contribution >= 0.6 is 0 Å². The van der Waals surface area contributed by atoms with Crippen LogP contribution in [0.5, 0.6) is 0 Å². The van der Waals surface area contributed by atoms with Crippen LogP contribution < -0.4 is 10.2 Å². The first kappa shape index (κ1) is 17.2. The second-order valence-corrected chi connectivity index (χ2v) is 6.21. The molecule has 0 atom stereocenters. The molecule has 1 aliphatic rings. The third-order valence-corrected chi connectivity index (χ3v) is 4.37. The number of anilines is 2. The maximum absolute atomic E-state index is 10.9. The molecule has 2 heterocycles. The Labute approximate surface area is 148 Å². The van der Waals surface area contributed by atoms with Gasteiger partial charge in [0.1, 0.15) is 5.82 Å². The summed E-state index contributed by atoms with van der Waals surface area (Å²) in [6, 6.07) is 12.2. The highest BCUT2D eigenvalue weighted by Crippen LogP contribution is 2.23. The van der Waals surface area contributed by atoms with Gasteiger partial charge in [0.2, 0.25) is 12.4 Å². The van der Waals surface area contributed by atoms with E-state index in [0.29, 0.717) is 13.1 Å². The van der Waals surface area contributed by atoms with E-state index in [4.69, 9.17) is 9.97 Å². The molecule has 6 heteroatoms. The highest BCUT2D eigenvalue weighted by atomic mass is 16.1. The Morgan fingerprint density at radius 3 is 2.56 bits per heavy atom. The third kappa shape index (κ3) is 4.47. The number of hydrogen-bond donors (Lipinski definition) is 1. The molecular formula is C19H25N5O. The first-order valence-electron chi connectivity index (χ1n) is 8.93. The van der Waals surface area contributed by atoms with Crippen molar-refractivity contribution >= 4 is 18.2 Å². The van der Waals surface area contributed by atoms with E-state index < -0.39 is 0 Å². The molecule has 0 bridgehead atoms. The molecule has 1 saturated heterocycles. The number of amides is 1. The fourth-order valence-electron chi connectivity index (χ4n) is 2.84. The molecule has 1 fully saturated rings. The van der Waals surface area contributed by atoms with E-state index in [2.05, 4.69) is 29.3 Å². The van der Waals surface area contributed by atoms with Gasteiger partial charge in [-0.2, -0.15) is 4.98 Å². The molecule has 0 radical (unpaired) electrons. The van der Waals surface area contributed by atoms with Crippen LogP contribution in [-0.4, -0.2) is 54.0 Å². The average molecular weight is 339 g/mol. The summed E-state index contributed by atoms with van der Waals surface area (Å²) in [5.41, 5.74) is 2.00. The Morgan fingerprint density at radius 2 is 1.88 bits per heavy atom. The summed E-state index contributed by atoms with van der Waals surface area (Å²) in [6.07, 6.45) is 3.17. The third-order valence-electron chi connectivity index (χ3n) is 4.37. The quantitative estimate of drug-likeness (QED) is 0.621. The predicted molar refractivity (Wildman–Crippen MR) is 101 cm³/mol. The molecule has 6 nitrogen and oxygen atoms in total. The number of aromatic nitrogens is 2. The molecule has 1 amide bonds. The molecule has 2 aromatic rings. The van der Waals surface area contributed by atoms with E-state index in [9.17, 15) is 4.79 Å². The van der Waals surface area contributed by atoms with E-state index in [1.807, 2.05) is 24.3 Å². The van der Waals surface area contributed by atoms with Gasteiger partial charge in [0, 0.05) is 44.4 Å². The highest BCUT2D eigenvalue weighted by molar-refractivity contribution is 5.64. The zero-order chi connectivity index (χ0) is 17.5. The fraction of sp³-hybridized carbons (Fsp3) is 0.421. The van der Waals surface area contributed by atoms with E-state index in [1.165, 1.54) is 0 Å². The Balaban J connectivity index is 1.85. The highest BCUT2D eigenvalue weighted by Gasteiger charge is 2.19. The largest absolute Gasteiger partial charge is 0.370 e. The van der Waals surface area contributed by atoms with Crippen LogP contribution in [0.4, 0.5) is 11.8 Å². The minimum absolute atomic E-state index is 0.709. The zero-order valence-electron chi connectivity index (χ0n) is 14.7. The van der Waals surface area contributed by atoms with Crippen molar-refractivity contribution in [1.29, 1.82) is 0 Å². The monoisotopic (exact) mass is 339 g/mol. The standard InChI is InChI=1S/C19H25N5O/c1-2-3-9-20-18-14-17(16-7-5-4-6-8-16)21-19(22-18)24-12-10-23(15-25)11-13-24/h4-8,14-15H,2-3,9-13H2,1H3,(H,20,21,22). The normalized spacial score (nSPS) is 14.4. The number of nitrogens with zero attached hydrogens (tertiary/aromatic N) is 4. The number of piperazine rings is 1. The van der Waals surface area contributed by atoms with Crippen LogP contribution in [0.25, 0.3) is 11.3 Å². The Bertz CT molecular complexity index is 683. The van der Waals surface area contributed by atoms with Crippen LogP contribution in [0.2, 0.25) is 0 Å². The minimum Gasteiger partial charge on any atom is -0.370 e. The van der Waals surface area contributed by atoms with Crippen LogP contribution in [-0.2, 0) is 4.79 Å². The van der Waals surface area contributed by atoms with Gasteiger partial charge >= 0.3 is 0 Å². The van der Waals surface area contributed by atoms with Gasteiger partial charge in [-0.15, -0.1) is 0 Å². The molecule has 1 N–H and O–H groups in total. The molecule has 0 aliphatic carbocycles. The van der Waals surface area contributed by atoms with Crippen LogP contribution in [0.3, 0.4) is 0 Å². The summed E-state index contributed by atoms with van der Waals surface area (Å²) in [6.45, 7) is 6.01. The zero-order valence-corrected chi connectivity index (χ0v) is 14.7. The SMILES string of the molecule is CCCCNc1cc(-c2ccccc2)nc(N2CCN(C=O)CC2)n1. The molecule has 0 spiro atoms. The van der Waals surface area contributed by atoms with Crippen molar-refractivity contribution in [2.75, 3.05) is 42.9 Å². The number of carbonyl (C=O) groups excluding carboxylic acids is 1. The average Bonchev–Trinajstić information content (AvgIpc) is 2.69. The van der Waals surface area contributed by atoms with Crippen LogP contribution in [0, 0.1) is 0 Å². The van der Waals surface area contributed by atoms with Crippen molar-refractivity contribution in [3.8, 4) is 11.3 Å². The van der Waals surface area contributed by atoms with Gasteiger partial charge in [-0.05, 0) is 6.42 Å². The summed E-state index contributed by atoms with van der Waals surface area (Å²) in [7, 11) is 0. The number of rotatable bonds is 7. The molecule has 0 unspecified atom stereocenters. The van der Waals surface area contributed by atoms with E-state index in [1.54, 1.807) is 4.90 Å². The molecule has 1 aromatic heterocycles. The Hall–Kier alpha value is -2.63. The Morgan fingerprint density at radius 1 is 1.12 bits per heavy atom. The molecule has 0 saturated carbocycles. The topological polar surface area (TPSA) is 61.4 Å². The lowest BCUT2D eigenvalue weighted by Crippen LogP contribution is -2.46. The van der Waals surface area contributed by atoms with Gasteiger partial charge in [-0.1, -0.05) is 43.7 Å². The summed E-state index contributed by atoms with van der Waals surface area (Å²) in [4.78, 5) is 24.3. The second kappa shape index (κ2) is 8.46. The number of carbonyl (C=O) groups is 1. The summed E-state index contributed by atoms with van der Waals surface area (Å²) >= 11 is 0. The first-order valence-corrected chi connectivity index (χ1v) is 8.93. The molecule has 1 aromatic carbocycles. The second-order valence-electron chi connectivity index (χ2n) is 6.21. The number of nitrogens with one attached hydrogen (secondary N) is 1. The van der Waals surface area contributed by atoms with Crippen LogP contribution in [0.1, 0.15) is 19.8 Å². The number of hydrogen-bond acceptors (Lipinski definition) is 5. The van der Waals surface area contributed by atoms with Gasteiger partial charge in [-0.3, -0.25) is 4.79 Å². The maximum atomic E-state index is 10.9. The molecule has 1 aliphatic heterocycles. The lowest BCUT2D eigenvalue weighted by Gasteiger charge is -2.32.